The molecule has 0 saturated carbocycles. The fraction of sp³-hybridized carbons (Fsp3) is 0.308. The number of hydrogen-bond acceptors (Lipinski definition) is 4. The molecule has 1 heterocycles. The largest absolute Gasteiger partial charge is 0.397 e. The molecule has 0 amide bonds. The van der Waals surface area contributed by atoms with Crippen molar-refractivity contribution in [2.24, 2.45) is 0 Å². The zero-order valence-corrected chi connectivity index (χ0v) is 11.6. The second kappa shape index (κ2) is 5.44. The number of pyridine rings is 1. The Kier molecular flexibility index (Phi) is 3.90. The highest BCUT2D eigenvalue weighted by atomic mass is 32.2. The molecule has 0 spiro atoms. The van der Waals surface area contributed by atoms with Crippen molar-refractivity contribution in [2.45, 2.75) is 19.8 Å². The first-order chi connectivity index (χ1) is 9.03. The van der Waals surface area contributed by atoms with Gasteiger partial charge in [-0.3, -0.25) is 9.71 Å². The standard InChI is InChI=1S/C13H17N3O2S/c1-2-3-9-19(17,18)16-12-7-6-11(14)13-10(12)5-4-8-15-13/h4-8,16H,2-3,9,14H2,1H3. The van der Waals surface area contributed by atoms with Gasteiger partial charge in [-0.05, 0) is 30.7 Å². The Bertz CT molecular complexity index is 683. The number of fused-ring (bicyclic) bond motifs is 1. The van der Waals surface area contributed by atoms with Crippen LogP contribution < -0.4 is 10.5 Å². The molecule has 2 aromatic rings. The highest BCUT2D eigenvalue weighted by molar-refractivity contribution is 7.92. The van der Waals surface area contributed by atoms with Crippen LogP contribution in [-0.4, -0.2) is 19.2 Å². The van der Waals surface area contributed by atoms with Gasteiger partial charge in [-0.1, -0.05) is 13.3 Å². The van der Waals surface area contributed by atoms with Gasteiger partial charge in [-0.2, -0.15) is 0 Å². The van der Waals surface area contributed by atoms with Gasteiger partial charge in [-0.25, -0.2) is 8.42 Å². The van der Waals surface area contributed by atoms with Gasteiger partial charge in [0, 0.05) is 11.6 Å². The number of aromatic nitrogens is 1. The predicted molar refractivity (Wildman–Crippen MR) is 78.5 cm³/mol. The molecule has 0 aliphatic carbocycles. The van der Waals surface area contributed by atoms with E-state index >= 15 is 0 Å². The lowest BCUT2D eigenvalue weighted by molar-refractivity contribution is 0.598. The van der Waals surface area contributed by atoms with Crippen LogP contribution in [0.25, 0.3) is 10.9 Å². The number of nitrogens with zero attached hydrogens (tertiary/aromatic N) is 1. The molecule has 0 aliphatic heterocycles. The van der Waals surface area contributed by atoms with E-state index in [1.807, 2.05) is 6.92 Å². The summed E-state index contributed by atoms with van der Waals surface area (Å²) in [6.45, 7) is 1.96. The minimum absolute atomic E-state index is 0.121. The van der Waals surface area contributed by atoms with Gasteiger partial charge in [0.1, 0.15) is 0 Å². The summed E-state index contributed by atoms with van der Waals surface area (Å²) in [4.78, 5) is 4.17. The van der Waals surface area contributed by atoms with Crippen molar-refractivity contribution in [3.8, 4) is 0 Å². The average Bonchev–Trinajstić information content (AvgIpc) is 2.40. The van der Waals surface area contributed by atoms with Crippen LogP contribution in [-0.2, 0) is 10.0 Å². The highest BCUT2D eigenvalue weighted by Crippen LogP contribution is 2.27. The van der Waals surface area contributed by atoms with Crippen LogP contribution in [0.3, 0.4) is 0 Å². The summed E-state index contributed by atoms with van der Waals surface area (Å²) in [6, 6.07) is 6.89. The number of rotatable bonds is 5. The van der Waals surface area contributed by atoms with Gasteiger partial charge in [0.25, 0.3) is 0 Å². The van der Waals surface area contributed by atoms with Crippen molar-refractivity contribution >= 4 is 32.3 Å². The molecule has 19 heavy (non-hydrogen) atoms. The van der Waals surface area contributed by atoms with Gasteiger partial charge in [0.05, 0.1) is 22.6 Å². The van der Waals surface area contributed by atoms with E-state index in [9.17, 15) is 8.42 Å². The molecule has 6 heteroatoms. The molecule has 1 aromatic carbocycles. The number of nitrogens with two attached hydrogens (primary N) is 1. The van der Waals surface area contributed by atoms with Crippen molar-refractivity contribution in [2.75, 3.05) is 16.2 Å². The van der Waals surface area contributed by atoms with Crippen molar-refractivity contribution in [1.29, 1.82) is 0 Å². The first kappa shape index (κ1) is 13.6. The van der Waals surface area contributed by atoms with Gasteiger partial charge in [0.15, 0.2) is 0 Å². The van der Waals surface area contributed by atoms with Gasteiger partial charge in [0.2, 0.25) is 10.0 Å². The van der Waals surface area contributed by atoms with Crippen molar-refractivity contribution in [3.05, 3.63) is 30.5 Å². The van der Waals surface area contributed by atoms with E-state index in [0.717, 1.165) is 6.42 Å². The number of anilines is 2. The van der Waals surface area contributed by atoms with E-state index in [1.165, 1.54) is 0 Å². The van der Waals surface area contributed by atoms with Crippen molar-refractivity contribution in [3.63, 3.8) is 0 Å². The first-order valence-corrected chi connectivity index (χ1v) is 7.82. The molecule has 3 N–H and O–H groups in total. The molecular weight excluding hydrogens is 262 g/mol. The lowest BCUT2D eigenvalue weighted by atomic mass is 10.1. The van der Waals surface area contributed by atoms with Gasteiger partial charge in [-0.15, -0.1) is 0 Å². The molecule has 0 saturated heterocycles. The average molecular weight is 279 g/mol. The molecule has 0 unspecified atom stereocenters. The summed E-state index contributed by atoms with van der Waals surface area (Å²) in [5, 5.41) is 0.711. The zero-order valence-electron chi connectivity index (χ0n) is 10.8. The minimum Gasteiger partial charge on any atom is -0.397 e. The van der Waals surface area contributed by atoms with E-state index in [1.54, 1.807) is 30.5 Å². The van der Waals surface area contributed by atoms with Crippen LogP contribution in [0.1, 0.15) is 19.8 Å². The minimum atomic E-state index is -3.32. The smallest absolute Gasteiger partial charge is 0.232 e. The molecular formula is C13H17N3O2S. The summed E-state index contributed by atoms with van der Waals surface area (Å²) in [5.41, 5.74) is 7.49. The normalized spacial score (nSPS) is 11.6. The van der Waals surface area contributed by atoms with Crippen LogP contribution in [0.5, 0.6) is 0 Å². The topological polar surface area (TPSA) is 85.1 Å². The first-order valence-electron chi connectivity index (χ1n) is 6.17. The third-order valence-electron chi connectivity index (χ3n) is 2.83. The lowest BCUT2D eigenvalue weighted by Crippen LogP contribution is -2.16. The molecule has 0 radical (unpaired) electrons. The SMILES string of the molecule is CCCCS(=O)(=O)Nc1ccc(N)c2ncccc12. The second-order valence-corrected chi connectivity index (χ2v) is 6.22. The summed E-state index contributed by atoms with van der Waals surface area (Å²) >= 11 is 0. The van der Waals surface area contributed by atoms with Crippen LogP contribution >= 0.6 is 0 Å². The summed E-state index contributed by atoms with van der Waals surface area (Å²) in [7, 11) is -3.32. The van der Waals surface area contributed by atoms with E-state index in [0.29, 0.717) is 28.7 Å². The lowest BCUT2D eigenvalue weighted by Gasteiger charge is -2.11. The Labute approximate surface area is 112 Å². The number of unbranched alkanes of at least 4 members (excludes halogenated alkanes) is 1. The summed E-state index contributed by atoms with van der Waals surface area (Å²) in [5.74, 6) is 0.121. The fourth-order valence-electron chi connectivity index (χ4n) is 1.84. The number of hydrogen-bond donors (Lipinski definition) is 2. The van der Waals surface area contributed by atoms with E-state index in [4.69, 9.17) is 5.73 Å². The maximum Gasteiger partial charge on any atom is 0.232 e. The van der Waals surface area contributed by atoms with Crippen LogP contribution in [0, 0.1) is 0 Å². The molecule has 0 atom stereocenters. The molecule has 1 aromatic heterocycles. The Balaban J connectivity index is 2.39. The van der Waals surface area contributed by atoms with E-state index < -0.39 is 10.0 Å². The number of nitrogen functional groups attached to an aromatic ring is 1. The molecule has 0 fully saturated rings. The Hall–Kier alpha value is -1.82. The van der Waals surface area contributed by atoms with Crippen LogP contribution in [0.15, 0.2) is 30.5 Å². The molecule has 2 rings (SSSR count). The quantitative estimate of drug-likeness (QED) is 0.823. The van der Waals surface area contributed by atoms with Crippen LogP contribution in [0.2, 0.25) is 0 Å². The van der Waals surface area contributed by atoms with E-state index in [2.05, 4.69) is 9.71 Å². The Morgan fingerprint density at radius 1 is 1.32 bits per heavy atom. The molecule has 0 bridgehead atoms. The van der Waals surface area contributed by atoms with Gasteiger partial charge < -0.3 is 5.73 Å². The summed E-state index contributed by atoms with van der Waals surface area (Å²) in [6.07, 6.45) is 3.11. The molecule has 0 aliphatic rings. The third kappa shape index (κ3) is 3.14. The van der Waals surface area contributed by atoms with Crippen LogP contribution in [0.4, 0.5) is 11.4 Å². The fourth-order valence-corrected chi connectivity index (χ4v) is 3.12. The second-order valence-electron chi connectivity index (χ2n) is 4.38. The van der Waals surface area contributed by atoms with Crippen molar-refractivity contribution < 1.29 is 8.42 Å². The molecule has 102 valence electrons. The highest BCUT2D eigenvalue weighted by Gasteiger charge is 2.12. The van der Waals surface area contributed by atoms with E-state index in [-0.39, 0.29) is 5.75 Å². The Morgan fingerprint density at radius 2 is 2.11 bits per heavy atom. The number of sulfonamides is 1. The van der Waals surface area contributed by atoms with Crippen molar-refractivity contribution in [1.82, 2.24) is 4.98 Å². The number of benzene rings is 1. The predicted octanol–water partition coefficient (Wildman–Crippen LogP) is 2.36. The van der Waals surface area contributed by atoms with Gasteiger partial charge >= 0.3 is 0 Å². The zero-order chi connectivity index (χ0) is 13.9. The summed E-state index contributed by atoms with van der Waals surface area (Å²) < 4.78 is 26.4. The maximum absolute atomic E-state index is 11.9. The number of nitrogens with one attached hydrogen (secondary N) is 1. The Morgan fingerprint density at radius 3 is 2.84 bits per heavy atom. The maximum atomic E-state index is 11.9. The molecule has 5 nitrogen and oxygen atoms in total. The third-order valence-corrected chi connectivity index (χ3v) is 4.19. The monoisotopic (exact) mass is 279 g/mol.